The van der Waals surface area contributed by atoms with Crippen molar-refractivity contribution in [1.82, 2.24) is 19.1 Å². The van der Waals surface area contributed by atoms with Crippen molar-refractivity contribution in [3.8, 4) is 6.07 Å². The maximum Gasteiger partial charge on any atom is 0.329 e. The summed E-state index contributed by atoms with van der Waals surface area (Å²) in [5, 5.41) is 8.85. The van der Waals surface area contributed by atoms with Crippen molar-refractivity contribution in [2.45, 2.75) is 13.0 Å². The van der Waals surface area contributed by atoms with Crippen molar-refractivity contribution in [3.63, 3.8) is 0 Å². The largest absolute Gasteiger partial charge is 0.378 e. The van der Waals surface area contributed by atoms with Gasteiger partial charge in [0.25, 0.3) is 5.56 Å². The molecule has 1 N–H and O–H groups in total. The lowest BCUT2D eigenvalue weighted by Gasteiger charge is -2.28. The summed E-state index contributed by atoms with van der Waals surface area (Å²) in [6.07, 6.45) is 0.255. The third-order valence-electron chi connectivity index (χ3n) is 3.73. The molecule has 116 valence electrons. The van der Waals surface area contributed by atoms with Gasteiger partial charge in [-0.25, -0.2) is 4.79 Å². The minimum Gasteiger partial charge on any atom is -0.378 e. The van der Waals surface area contributed by atoms with Gasteiger partial charge in [-0.15, -0.1) is 0 Å². The molecule has 0 unspecified atom stereocenters. The number of aryl methyl sites for hydroxylation is 2. The molecule has 3 rings (SSSR count). The van der Waals surface area contributed by atoms with E-state index in [1.807, 2.05) is 4.90 Å². The fraction of sp³-hybridized carbons (Fsp3) is 0.538. The van der Waals surface area contributed by atoms with Crippen LogP contribution in [0.3, 0.4) is 0 Å². The van der Waals surface area contributed by atoms with E-state index < -0.39 is 11.2 Å². The topological polar surface area (TPSA) is 109 Å². The SMILES string of the molecule is Cn1c(=O)[nH]c(=O)c2c1nc(N1CCOCC1)n2CCC#N. The summed E-state index contributed by atoms with van der Waals surface area (Å²) in [6.45, 7) is 2.82. The number of nitrogens with zero attached hydrogens (tertiary/aromatic N) is 5. The zero-order valence-corrected chi connectivity index (χ0v) is 12.2. The summed E-state index contributed by atoms with van der Waals surface area (Å²) in [4.78, 5) is 32.7. The number of morpholine rings is 1. The Morgan fingerprint density at radius 3 is 2.77 bits per heavy atom. The van der Waals surface area contributed by atoms with Crippen LogP contribution in [0.15, 0.2) is 9.59 Å². The van der Waals surface area contributed by atoms with E-state index in [0.717, 1.165) is 0 Å². The van der Waals surface area contributed by atoms with Gasteiger partial charge in [-0.2, -0.15) is 10.2 Å². The quantitative estimate of drug-likeness (QED) is 0.793. The van der Waals surface area contributed by atoms with Crippen LogP contribution in [0.5, 0.6) is 0 Å². The number of anilines is 1. The Balaban J connectivity index is 2.24. The lowest BCUT2D eigenvalue weighted by Crippen LogP contribution is -2.38. The molecule has 0 bridgehead atoms. The maximum absolute atomic E-state index is 12.2. The standard InChI is InChI=1S/C13H16N6O3/c1-17-10-9(11(20)16-13(17)21)19(4-2-3-14)12(15-10)18-5-7-22-8-6-18/h2,4-8H2,1H3,(H,16,20,21). The smallest absolute Gasteiger partial charge is 0.329 e. The Morgan fingerprint density at radius 1 is 1.36 bits per heavy atom. The number of hydrogen-bond donors (Lipinski definition) is 1. The van der Waals surface area contributed by atoms with E-state index in [-0.39, 0.29) is 6.42 Å². The van der Waals surface area contributed by atoms with Crippen molar-refractivity contribution >= 4 is 17.1 Å². The lowest BCUT2D eigenvalue weighted by molar-refractivity contribution is 0.121. The Kier molecular flexibility index (Phi) is 3.68. The predicted molar refractivity (Wildman–Crippen MR) is 78.9 cm³/mol. The van der Waals surface area contributed by atoms with E-state index in [1.165, 1.54) is 4.57 Å². The van der Waals surface area contributed by atoms with Gasteiger partial charge in [-0.3, -0.25) is 14.3 Å². The summed E-state index contributed by atoms with van der Waals surface area (Å²) in [5.41, 5.74) is -0.342. The maximum atomic E-state index is 12.2. The summed E-state index contributed by atoms with van der Waals surface area (Å²) in [6, 6.07) is 2.07. The van der Waals surface area contributed by atoms with Crippen molar-refractivity contribution in [1.29, 1.82) is 5.26 Å². The number of nitrogens with one attached hydrogen (secondary N) is 1. The van der Waals surface area contributed by atoms with Gasteiger partial charge in [0, 0.05) is 26.7 Å². The number of aromatic nitrogens is 4. The van der Waals surface area contributed by atoms with Crippen LogP contribution < -0.4 is 16.1 Å². The third kappa shape index (κ3) is 2.27. The van der Waals surface area contributed by atoms with Gasteiger partial charge in [0.1, 0.15) is 0 Å². The number of H-pyrrole nitrogens is 1. The average molecular weight is 304 g/mol. The van der Waals surface area contributed by atoms with Gasteiger partial charge in [0.2, 0.25) is 5.95 Å². The number of aromatic amines is 1. The van der Waals surface area contributed by atoms with Crippen LogP contribution in [-0.2, 0) is 18.3 Å². The van der Waals surface area contributed by atoms with Crippen LogP contribution in [0.25, 0.3) is 11.2 Å². The lowest BCUT2D eigenvalue weighted by atomic mass is 10.4. The Bertz CT molecular complexity index is 849. The normalized spacial score (nSPS) is 15.2. The van der Waals surface area contributed by atoms with Crippen LogP contribution in [0.4, 0.5) is 5.95 Å². The first-order chi connectivity index (χ1) is 10.6. The molecule has 0 atom stereocenters. The number of imidazole rings is 1. The van der Waals surface area contributed by atoms with E-state index in [2.05, 4.69) is 16.0 Å². The highest BCUT2D eigenvalue weighted by atomic mass is 16.5. The van der Waals surface area contributed by atoms with Gasteiger partial charge < -0.3 is 14.2 Å². The highest BCUT2D eigenvalue weighted by molar-refractivity contribution is 5.74. The molecule has 9 heteroatoms. The first-order valence-corrected chi connectivity index (χ1v) is 7.02. The molecule has 1 saturated heterocycles. The Hall–Kier alpha value is -2.60. The molecule has 0 radical (unpaired) electrons. The van der Waals surface area contributed by atoms with Gasteiger partial charge >= 0.3 is 5.69 Å². The van der Waals surface area contributed by atoms with Crippen molar-refractivity contribution < 1.29 is 4.74 Å². The first kappa shape index (κ1) is 14.3. The van der Waals surface area contributed by atoms with Gasteiger partial charge in [-0.1, -0.05) is 0 Å². The van der Waals surface area contributed by atoms with Crippen molar-refractivity contribution in [2.75, 3.05) is 31.2 Å². The monoisotopic (exact) mass is 304 g/mol. The minimum atomic E-state index is -0.504. The zero-order chi connectivity index (χ0) is 15.7. The number of fused-ring (bicyclic) bond motifs is 1. The predicted octanol–water partition coefficient (Wildman–Crippen LogP) is -0.826. The van der Waals surface area contributed by atoms with E-state index in [4.69, 9.17) is 10.00 Å². The summed E-state index contributed by atoms with van der Waals surface area (Å²) in [7, 11) is 1.56. The molecule has 1 fully saturated rings. The molecular formula is C13H16N6O3. The molecule has 2 aromatic rings. The molecule has 9 nitrogen and oxygen atoms in total. The van der Waals surface area contributed by atoms with Crippen LogP contribution in [0, 0.1) is 11.3 Å². The molecule has 2 aromatic heterocycles. The van der Waals surface area contributed by atoms with Crippen LogP contribution in [0.1, 0.15) is 6.42 Å². The van der Waals surface area contributed by atoms with Crippen LogP contribution in [-0.4, -0.2) is 45.4 Å². The molecule has 0 amide bonds. The molecule has 1 aliphatic rings. The number of ether oxygens (including phenoxy) is 1. The summed E-state index contributed by atoms with van der Waals surface area (Å²) in [5.74, 6) is 0.597. The second-order valence-corrected chi connectivity index (χ2v) is 5.06. The molecule has 0 aliphatic carbocycles. The number of hydrogen-bond acceptors (Lipinski definition) is 6. The van der Waals surface area contributed by atoms with Crippen molar-refractivity contribution in [3.05, 3.63) is 20.8 Å². The first-order valence-electron chi connectivity index (χ1n) is 7.02. The van der Waals surface area contributed by atoms with Crippen LogP contribution in [0.2, 0.25) is 0 Å². The molecule has 3 heterocycles. The fourth-order valence-electron chi connectivity index (χ4n) is 2.60. The molecule has 0 spiro atoms. The zero-order valence-electron chi connectivity index (χ0n) is 12.2. The van der Waals surface area contributed by atoms with Gasteiger partial charge in [0.05, 0.1) is 25.7 Å². The summed E-state index contributed by atoms with van der Waals surface area (Å²) < 4.78 is 8.35. The van der Waals surface area contributed by atoms with Gasteiger partial charge in [0.15, 0.2) is 11.2 Å². The van der Waals surface area contributed by atoms with E-state index in [1.54, 1.807) is 11.6 Å². The van der Waals surface area contributed by atoms with E-state index in [9.17, 15) is 9.59 Å². The van der Waals surface area contributed by atoms with E-state index >= 15 is 0 Å². The summed E-state index contributed by atoms with van der Waals surface area (Å²) >= 11 is 0. The fourth-order valence-corrected chi connectivity index (χ4v) is 2.60. The third-order valence-corrected chi connectivity index (χ3v) is 3.73. The molecule has 0 aromatic carbocycles. The second kappa shape index (κ2) is 5.65. The number of nitriles is 1. The molecular weight excluding hydrogens is 288 g/mol. The van der Waals surface area contributed by atoms with E-state index in [0.29, 0.717) is 50.0 Å². The molecule has 22 heavy (non-hydrogen) atoms. The highest BCUT2D eigenvalue weighted by Crippen LogP contribution is 2.20. The number of rotatable bonds is 3. The Labute approximate surface area is 125 Å². The highest BCUT2D eigenvalue weighted by Gasteiger charge is 2.22. The Morgan fingerprint density at radius 2 is 2.09 bits per heavy atom. The minimum absolute atomic E-state index is 0.255. The second-order valence-electron chi connectivity index (χ2n) is 5.06. The molecule has 1 aliphatic heterocycles. The van der Waals surface area contributed by atoms with Crippen LogP contribution >= 0.6 is 0 Å². The average Bonchev–Trinajstić information content (AvgIpc) is 2.91. The molecule has 0 saturated carbocycles. The van der Waals surface area contributed by atoms with Gasteiger partial charge in [-0.05, 0) is 0 Å². The van der Waals surface area contributed by atoms with Crippen molar-refractivity contribution in [2.24, 2.45) is 7.05 Å².